The molecule has 0 bridgehead atoms. The Hall–Kier alpha value is -5.78. The van der Waals surface area contributed by atoms with Crippen LogP contribution in [-0.4, -0.2) is 48.0 Å². The molecule has 40 heavy (non-hydrogen) atoms. The minimum Gasteiger partial charge on any atom is -0.478 e. The minimum atomic E-state index is -1.26. The van der Waals surface area contributed by atoms with Crippen molar-refractivity contribution in [2.24, 2.45) is 21.8 Å². The topological polar surface area (TPSA) is 196 Å². The Labute approximate surface area is 228 Å². The van der Waals surface area contributed by atoms with E-state index in [0.29, 0.717) is 46.9 Å². The van der Waals surface area contributed by atoms with Crippen LogP contribution in [0.4, 0.5) is 0 Å². The predicted molar refractivity (Wildman–Crippen MR) is 147 cm³/mol. The number of nitrogens with zero attached hydrogens (tertiary/aromatic N) is 2. The monoisotopic (exact) mass is 546 g/mol. The third kappa shape index (κ3) is 7.86. The largest absolute Gasteiger partial charge is 0.478 e. The van der Waals surface area contributed by atoms with Gasteiger partial charge in [-0.3, -0.25) is 0 Å². The molecule has 2 aromatic carbocycles. The lowest BCUT2D eigenvalue weighted by Crippen LogP contribution is -2.13. The summed E-state index contributed by atoms with van der Waals surface area (Å²) >= 11 is 0. The fraction of sp³-hybridized carbons (Fsp3) is 0.0714. The highest BCUT2D eigenvalue weighted by atomic mass is 16.6. The van der Waals surface area contributed by atoms with Gasteiger partial charge in [-0.05, 0) is 24.3 Å². The Bertz CT molecular complexity index is 1420. The molecule has 0 spiro atoms. The number of carboxylic acids is 2. The first-order chi connectivity index (χ1) is 19.2. The molecule has 0 unspecified atom stereocenters. The molecule has 0 aliphatic heterocycles. The van der Waals surface area contributed by atoms with E-state index in [9.17, 15) is 9.59 Å². The van der Waals surface area contributed by atoms with Gasteiger partial charge in [-0.1, -0.05) is 58.8 Å². The second-order valence-corrected chi connectivity index (χ2v) is 7.81. The Balaban J connectivity index is 0.000000482. The summed E-state index contributed by atoms with van der Waals surface area (Å²) in [5.74, 6) is 0.786. The van der Waals surface area contributed by atoms with E-state index in [-0.39, 0.29) is 0 Å². The number of aliphatic carboxylic acids is 2. The number of nitrogens with two attached hydrogens (primary N) is 2. The summed E-state index contributed by atoms with van der Waals surface area (Å²) in [4.78, 5) is 28.5. The van der Waals surface area contributed by atoms with Crippen LogP contribution in [0.5, 0.6) is 0 Å². The van der Waals surface area contributed by atoms with Crippen LogP contribution >= 0.6 is 0 Å². The first-order valence-electron chi connectivity index (χ1n) is 11.5. The van der Waals surface area contributed by atoms with Gasteiger partial charge in [0.1, 0.15) is 25.7 Å². The van der Waals surface area contributed by atoms with Crippen LogP contribution in [-0.2, 0) is 19.3 Å². The number of oxime groups is 2. The molecule has 206 valence electrons. The first kappa shape index (κ1) is 28.8. The minimum absolute atomic E-state index is 0.309. The summed E-state index contributed by atoms with van der Waals surface area (Å²) in [6, 6.07) is 22.6. The summed E-state index contributed by atoms with van der Waals surface area (Å²) < 4.78 is 12.0. The maximum Gasteiger partial charge on any atom is 0.328 e. The highest BCUT2D eigenvalue weighted by Gasteiger charge is 2.13. The van der Waals surface area contributed by atoms with E-state index in [0.717, 1.165) is 22.3 Å². The average Bonchev–Trinajstić information content (AvgIpc) is 3.63. The Morgan fingerprint density at radius 1 is 0.625 bits per heavy atom. The van der Waals surface area contributed by atoms with Crippen LogP contribution in [0.25, 0.3) is 34.2 Å². The quantitative estimate of drug-likeness (QED) is 0.103. The molecule has 12 nitrogen and oxygen atoms in total. The fourth-order valence-electron chi connectivity index (χ4n) is 3.31. The lowest BCUT2D eigenvalue weighted by Gasteiger charge is -2.02. The van der Waals surface area contributed by atoms with Crippen molar-refractivity contribution in [3.8, 4) is 34.2 Å². The highest BCUT2D eigenvalue weighted by Crippen LogP contribution is 2.32. The van der Waals surface area contributed by atoms with Gasteiger partial charge in [-0.25, -0.2) is 9.59 Å². The standard InChI is InChI=1S/C24H22N4O4.C4H4O4/c1-29-27-23(25)17-7-3-15(4-8-17)19-11-13-21(31-19)22-14-12-20(32-22)16-5-9-18(10-6-16)24(26)28-30-2;5-3(6)1-2-4(7)8/h3-14H,1-2H3,(H2,25,27)(H2,26,28);1-2H,(H,5,6)(H,7,8)/b;2-1-. The third-order valence-corrected chi connectivity index (χ3v) is 5.13. The summed E-state index contributed by atoms with van der Waals surface area (Å²) in [7, 11) is 2.91. The van der Waals surface area contributed by atoms with Crippen LogP contribution in [0.2, 0.25) is 0 Å². The molecule has 0 amide bonds. The lowest BCUT2D eigenvalue weighted by atomic mass is 10.1. The number of furan rings is 2. The zero-order valence-corrected chi connectivity index (χ0v) is 21.5. The zero-order chi connectivity index (χ0) is 29.1. The Morgan fingerprint density at radius 2 is 0.950 bits per heavy atom. The van der Waals surface area contributed by atoms with Gasteiger partial charge in [0.15, 0.2) is 23.2 Å². The molecular weight excluding hydrogens is 520 g/mol. The van der Waals surface area contributed by atoms with Crippen molar-refractivity contribution < 1.29 is 38.3 Å². The van der Waals surface area contributed by atoms with Crippen molar-refractivity contribution in [2.45, 2.75) is 0 Å². The number of amidine groups is 2. The molecule has 4 aromatic rings. The van der Waals surface area contributed by atoms with E-state index in [1.165, 1.54) is 14.2 Å². The van der Waals surface area contributed by atoms with Crippen molar-refractivity contribution in [1.29, 1.82) is 0 Å². The maximum absolute atomic E-state index is 9.55. The smallest absolute Gasteiger partial charge is 0.328 e. The van der Waals surface area contributed by atoms with E-state index in [1.54, 1.807) is 0 Å². The van der Waals surface area contributed by atoms with E-state index >= 15 is 0 Å². The molecule has 12 heteroatoms. The normalized spacial score (nSPS) is 11.6. The van der Waals surface area contributed by atoms with Gasteiger partial charge in [0.05, 0.1) is 0 Å². The molecule has 0 saturated heterocycles. The number of rotatable bonds is 9. The molecule has 0 saturated carbocycles. The molecule has 0 aliphatic rings. The van der Waals surface area contributed by atoms with Crippen LogP contribution in [0.15, 0.2) is 104 Å². The van der Waals surface area contributed by atoms with E-state index in [1.807, 2.05) is 72.8 Å². The first-order valence-corrected chi connectivity index (χ1v) is 11.5. The molecular formula is C28H26N4O8. The predicted octanol–water partition coefficient (Wildman–Crippen LogP) is 4.12. The van der Waals surface area contributed by atoms with Crippen molar-refractivity contribution in [2.75, 3.05) is 14.2 Å². The molecule has 0 aliphatic carbocycles. The zero-order valence-electron chi connectivity index (χ0n) is 21.5. The number of hydrogen-bond acceptors (Lipinski definition) is 8. The van der Waals surface area contributed by atoms with Crippen molar-refractivity contribution in [3.63, 3.8) is 0 Å². The molecule has 4 rings (SSSR count). The number of carboxylic acid groups (broad SMARTS) is 2. The molecule has 0 atom stereocenters. The van der Waals surface area contributed by atoms with Crippen molar-refractivity contribution in [3.05, 3.63) is 96.1 Å². The second-order valence-electron chi connectivity index (χ2n) is 7.81. The highest BCUT2D eigenvalue weighted by molar-refractivity contribution is 5.98. The fourth-order valence-corrected chi connectivity index (χ4v) is 3.31. The number of benzene rings is 2. The molecule has 6 N–H and O–H groups in total. The van der Waals surface area contributed by atoms with Gasteiger partial charge >= 0.3 is 11.9 Å². The summed E-state index contributed by atoms with van der Waals surface area (Å²) in [5, 5.41) is 23.1. The van der Waals surface area contributed by atoms with Crippen molar-refractivity contribution in [1.82, 2.24) is 0 Å². The van der Waals surface area contributed by atoms with Crippen LogP contribution in [0, 0.1) is 0 Å². The van der Waals surface area contributed by atoms with Crippen LogP contribution < -0.4 is 11.5 Å². The van der Waals surface area contributed by atoms with E-state index < -0.39 is 11.9 Å². The van der Waals surface area contributed by atoms with Gasteiger partial charge in [-0.2, -0.15) is 0 Å². The Morgan fingerprint density at radius 3 is 1.25 bits per heavy atom. The molecule has 0 radical (unpaired) electrons. The molecule has 2 heterocycles. The second kappa shape index (κ2) is 13.7. The molecule has 2 aromatic heterocycles. The Kier molecular flexibility index (Phi) is 9.84. The van der Waals surface area contributed by atoms with E-state index in [2.05, 4.69) is 10.3 Å². The van der Waals surface area contributed by atoms with Gasteiger partial charge in [0, 0.05) is 34.4 Å². The van der Waals surface area contributed by atoms with Gasteiger partial charge in [0.25, 0.3) is 0 Å². The summed E-state index contributed by atoms with van der Waals surface area (Å²) in [5.41, 5.74) is 15.0. The van der Waals surface area contributed by atoms with Gasteiger partial charge in [-0.15, -0.1) is 0 Å². The average molecular weight is 547 g/mol. The maximum atomic E-state index is 9.55. The van der Waals surface area contributed by atoms with E-state index in [4.69, 9.17) is 40.2 Å². The number of hydrogen-bond donors (Lipinski definition) is 4. The summed E-state index contributed by atoms with van der Waals surface area (Å²) in [6.07, 6.45) is 1.12. The van der Waals surface area contributed by atoms with Crippen molar-refractivity contribution >= 4 is 23.6 Å². The third-order valence-electron chi connectivity index (χ3n) is 5.13. The van der Waals surface area contributed by atoms with Crippen LogP contribution in [0.3, 0.4) is 0 Å². The summed E-state index contributed by atoms with van der Waals surface area (Å²) in [6.45, 7) is 0. The lowest BCUT2D eigenvalue weighted by molar-refractivity contribution is -0.134. The molecule has 0 fully saturated rings. The van der Waals surface area contributed by atoms with Gasteiger partial charge < -0.3 is 40.2 Å². The number of carbonyl (C=O) groups is 2. The van der Waals surface area contributed by atoms with Crippen LogP contribution in [0.1, 0.15) is 11.1 Å². The SMILES string of the molecule is CON=C(N)c1ccc(-c2ccc(-c3ccc(-c4ccc(C(N)=NOC)cc4)o3)o2)cc1.O=C(O)/C=C\C(=O)O. The van der Waals surface area contributed by atoms with Gasteiger partial charge in [0.2, 0.25) is 0 Å².